The molecule has 2 N–H and O–H groups in total. The maximum Gasteiger partial charge on any atom is 0.408 e. The summed E-state index contributed by atoms with van der Waals surface area (Å²) in [6.45, 7) is 16.3. The van der Waals surface area contributed by atoms with Gasteiger partial charge in [0, 0.05) is 25.3 Å². The van der Waals surface area contributed by atoms with Gasteiger partial charge in [0.1, 0.15) is 11.6 Å². The molecule has 1 saturated heterocycles. The van der Waals surface area contributed by atoms with Gasteiger partial charge in [-0.05, 0) is 56.6 Å². The summed E-state index contributed by atoms with van der Waals surface area (Å²) in [5, 5.41) is 5.93. The molecule has 3 rings (SSSR count). The maximum absolute atomic E-state index is 13.5. The molecule has 9 heteroatoms. The summed E-state index contributed by atoms with van der Waals surface area (Å²) in [4.78, 5) is 45.5. The Morgan fingerprint density at radius 2 is 1.83 bits per heavy atom. The van der Waals surface area contributed by atoms with Crippen molar-refractivity contribution in [1.29, 1.82) is 0 Å². The molecular formula is C27H41N5O4. The van der Waals surface area contributed by atoms with Crippen molar-refractivity contribution in [2.75, 3.05) is 13.1 Å². The number of nitrogens with zero attached hydrogens (tertiary/aromatic N) is 3. The summed E-state index contributed by atoms with van der Waals surface area (Å²) in [7, 11) is 0. The number of pyridine rings is 1. The number of aromatic nitrogens is 2. The van der Waals surface area contributed by atoms with Crippen LogP contribution in [0.2, 0.25) is 0 Å². The number of ether oxygens (including phenoxy) is 1. The second-order valence-corrected chi connectivity index (χ2v) is 12.1. The van der Waals surface area contributed by atoms with Gasteiger partial charge in [-0.3, -0.25) is 9.59 Å². The molecule has 1 aliphatic rings. The number of amides is 3. The van der Waals surface area contributed by atoms with Crippen LogP contribution in [0.25, 0.3) is 5.52 Å². The van der Waals surface area contributed by atoms with Crippen LogP contribution in [0, 0.1) is 17.3 Å². The number of likely N-dealkylation sites (tertiary alicyclic amines) is 1. The van der Waals surface area contributed by atoms with Crippen LogP contribution in [0.1, 0.15) is 72.2 Å². The first kappa shape index (κ1) is 27.5. The van der Waals surface area contributed by atoms with Gasteiger partial charge in [0.05, 0.1) is 23.6 Å². The van der Waals surface area contributed by atoms with Crippen LogP contribution in [-0.4, -0.2) is 63.0 Å². The lowest BCUT2D eigenvalue weighted by Crippen LogP contribution is -2.61. The molecule has 3 amide bonds. The molecular weight excluding hydrogens is 458 g/mol. The van der Waals surface area contributed by atoms with E-state index < -0.39 is 23.2 Å². The average Bonchev–Trinajstić information content (AvgIpc) is 3.23. The van der Waals surface area contributed by atoms with Crippen molar-refractivity contribution in [3.8, 4) is 0 Å². The average molecular weight is 500 g/mol. The third-order valence-corrected chi connectivity index (χ3v) is 6.61. The SMILES string of the molecule is CC(C)[C@@H]1CCN(C(=O)c2cccn3cncc23)C[C@H]1NC(=O)[C@@H](NC(=O)OC(C)(C)C)C(C)(C)C. The van der Waals surface area contributed by atoms with Crippen molar-refractivity contribution in [3.05, 3.63) is 36.4 Å². The molecule has 3 heterocycles. The molecule has 36 heavy (non-hydrogen) atoms. The van der Waals surface area contributed by atoms with Crippen LogP contribution in [-0.2, 0) is 9.53 Å². The minimum atomic E-state index is -0.799. The first-order valence-corrected chi connectivity index (χ1v) is 12.7. The predicted octanol–water partition coefficient (Wildman–Crippen LogP) is 3.88. The smallest absolute Gasteiger partial charge is 0.408 e. The topological polar surface area (TPSA) is 105 Å². The Hall–Kier alpha value is -3.10. The first-order valence-electron chi connectivity index (χ1n) is 12.7. The van der Waals surface area contributed by atoms with Gasteiger partial charge in [-0.1, -0.05) is 34.6 Å². The standard InChI is InChI=1S/C27H41N5O4/c1-17(2)18-11-13-31(24(34)19-10-9-12-32-16-28-14-21(19)32)15-20(18)29-23(33)22(26(3,4)5)30-25(35)36-27(6,7)8/h9-10,12,14,16-18,20,22H,11,13,15H2,1-8H3,(H,29,33)(H,30,35)/t18-,20+,22+/m0/s1. The normalized spacial score (nSPS) is 19.8. The fourth-order valence-electron chi connectivity index (χ4n) is 4.77. The molecule has 0 radical (unpaired) electrons. The number of hydrogen-bond acceptors (Lipinski definition) is 5. The number of hydrogen-bond donors (Lipinski definition) is 2. The fraction of sp³-hybridized carbons (Fsp3) is 0.630. The predicted molar refractivity (Wildman–Crippen MR) is 139 cm³/mol. The number of carbonyl (C=O) groups excluding carboxylic acids is 3. The van der Waals surface area contributed by atoms with E-state index >= 15 is 0 Å². The molecule has 0 spiro atoms. The molecule has 198 valence electrons. The van der Waals surface area contributed by atoms with Crippen molar-refractivity contribution >= 4 is 23.4 Å². The largest absolute Gasteiger partial charge is 0.444 e. The minimum absolute atomic E-state index is 0.0817. The highest BCUT2D eigenvalue weighted by molar-refractivity contribution is 6.00. The van der Waals surface area contributed by atoms with Crippen LogP contribution >= 0.6 is 0 Å². The zero-order chi connectivity index (χ0) is 26.8. The zero-order valence-electron chi connectivity index (χ0n) is 22.8. The van der Waals surface area contributed by atoms with Gasteiger partial charge in [0.2, 0.25) is 5.91 Å². The van der Waals surface area contributed by atoms with E-state index in [1.807, 2.05) is 43.5 Å². The highest BCUT2D eigenvalue weighted by Gasteiger charge is 2.39. The molecule has 2 aromatic rings. The summed E-state index contributed by atoms with van der Waals surface area (Å²) in [5.41, 5.74) is 0.121. The lowest BCUT2D eigenvalue weighted by atomic mass is 9.81. The molecule has 0 aromatic carbocycles. The third-order valence-electron chi connectivity index (χ3n) is 6.61. The molecule has 0 bridgehead atoms. The number of imidazole rings is 1. The van der Waals surface area contributed by atoms with Gasteiger partial charge >= 0.3 is 6.09 Å². The Balaban J connectivity index is 1.79. The van der Waals surface area contributed by atoms with E-state index in [2.05, 4.69) is 29.5 Å². The van der Waals surface area contributed by atoms with Gasteiger partial charge < -0.3 is 24.7 Å². The summed E-state index contributed by atoms with van der Waals surface area (Å²) < 4.78 is 7.22. The van der Waals surface area contributed by atoms with E-state index in [-0.39, 0.29) is 23.8 Å². The Labute approximate surface area is 214 Å². The van der Waals surface area contributed by atoms with Crippen molar-refractivity contribution in [1.82, 2.24) is 24.9 Å². The van der Waals surface area contributed by atoms with Crippen LogP contribution in [0.15, 0.2) is 30.9 Å². The number of nitrogens with one attached hydrogen (secondary N) is 2. The van der Waals surface area contributed by atoms with Gasteiger partial charge in [-0.15, -0.1) is 0 Å². The van der Waals surface area contributed by atoms with Crippen LogP contribution < -0.4 is 10.6 Å². The Bertz CT molecular complexity index is 1100. The highest BCUT2D eigenvalue weighted by Crippen LogP contribution is 2.28. The lowest BCUT2D eigenvalue weighted by molar-refractivity contribution is -0.127. The second kappa shape index (κ2) is 10.5. The first-order chi connectivity index (χ1) is 16.7. The van der Waals surface area contributed by atoms with E-state index in [4.69, 9.17) is 4.74 Å². The lowest BCUT2D eigenvalue weighted by Gasteiger charge is -2.42. The van der Waals surface area contributed by atoms with Crippen molar-refractivity contribution in [3.63, 3.8) is 0 Å². The molecule has 0 aliphatic carbocycles. The van der Waals surface area contributed by atoms with Crippen LogP contribution in [0.5, 0.6) is 0 Å². The van der Waals surface area contributed by atoms with Crippen LogP contribution in [0.4, 0.5) is 4.79 Å². The number of fused-ring (bicyclic) bond motifs is 1. The van der Waals surface area contributed by atoms with E-state index in [1.54, 1.807) is 38.2 Å². The summed E-state index contributed by atoms with van der Waals surface area (Å²) in [6.07, 6.45) is 5.36. The van der Waals surface area contributed by atoms with Gasteiger partial charge in [-0.25, -0.2) is 9.78 Å². The Morgan fingerprint density at radius 1 is 1.14 bits per heavy atom. The fourth-order valence-corrected chi connectivity index (χ4v) is 4.77. The van der Waals surface area contributed by atoms with E-state index in [0.29, 0.717) is 24.6 Å². The molecule has 1 fully saturated rings. The van der Waals surface area contributed by atoms with E-state index in [9.17, 15) is 14.4 Å². The molecule has 3 atom stereocenters. The monoisotopic (exact) mass is 499 g/mol. The third kappa shape index (κ3) is 6.56. The number of carbonyl (C=O) groups is 3. The maximum atomic E-state index is 13.5. The minimum Gasteiger partial charge on any atom is -0.444 e. The van der Waals surface area contributed by atoms with Crippen molar-refractivity contribution in [2.24, 2.45) is 17.3 Å². The second-order valence-electron chi connectivity index (χ2n) is 12.1. The summed E-state index contributed by atoms with van der Waals surface area (Å²) in [6, 6.07) is 2.59. The molecule has 9 nitrogen and oxygen atoms in total. The Morgan fingerprint density at radius 3 is 2.44 bits per heavy atom. The number of rotatable bonds is 5. The molecule has 0 unspecified atom stereocenters. The van der Waals surface area contributed by atoms with Gasteiger partial charge in [0.15, 0.2) is 0 Å². The van der Waals surface area contributed by atoms with Crippen molar-refractivity contribution in [2.45, 2.75) is 79.5 Å². The number of alkyl carbamates (subject to hydrolysis) is 1. The quantitative estimate of drug-likeness (QED) is 0.650. The van der Waals surface area contributed by atoms with E-state index in [1.165, 1.54) is 0 Å². The summed E-state index contributed by atoms with van der Waals surface area (Å²) in [5.74, 6) is 0.154. The highest BCUT2D eigenvalue weighted by atomic mass is 16.6. The molecule has 1 aliphatic heterocycles. The molecule has 2 aromatic heterocycles. The number of piperidine rings is 1. The summed E-state index contributed by atoms with van der Waals surface area (Å²) >= 11 is 0. The van der Waals surface area contributed by atoms with E-state index in [0.717, 1.165) is 11.9 Å². The van der Waals surface area contributed by atoms with Crippen LogP contribution in [0.3, 0.4) is 0 Å². The van der Waals surface area contributed by atoms with Gasteiger partial charge in [0.25, 0.3) is 5.91 Å². The van der Waals surface area contributed by atoms with Crippen molar-refractivity contribution < 1.29 is 19.1 Å². The Kier molecular flexibility index (Phi) is 8.00. The zero-order valence-corrected chi connectivity index (χ0v) is 22.8. The molecule has 0 saturated carbocycles. The van der Waals surface area contributed by atoms with Gasteiger partial charge in [-0.2, -0.15) is 0 Å².